The van der Waals surface area contributed by atoms with Crippen LogP contribution in [-0.4, -0.2) is 10.9 Å². The molecule has 2 aromatic carbocycles. The maximum absolute atomic E-state index is 13.8. The highest BCUT2D eigenvalue weighted by Gasteiger charge is 2.30. The van der Waals surface area contributed by atoms with Crippen LogP contribution < -0.4 is 5.32 Å². The van der Waals surface area contributed by atoms with E-state index in [1.807, 2.05) is 31.3 Å². The summed E-state index contributed by atoms with van der Waals surface area (Å²) in [5.74, 6) is 0.456. The van der Waals surface area contributed by atoms with Crippen molar-refractivity contribution in [1.82, 2.24) is 4.98 Å². The summed E-state index contributed by atoms with van der Waals surface area (Å²) in [4.78, 5) is 17.0. The maximum atomic E-state index is 13.8. The number of hydrogen-bond donors (Lipinski definition) is 1. The van der Waals surface area contributed by atoms with Gasteiger partial charge in [-0.05, 0) is 85.5 Å². The third-order valence-corrected chi connectivity index (χ3v) is 6.40. The third-order valence-electron chi connectivity index (χ3n) is 6.16. The summed E-state index contributed by atoms with van der Waals surface area (Å²) in [5, 5.41) is 4.49. The van der Waals surface area contributed by atoms with Gasteiger partial charge in [0.15, 0.2) is 0 Å². The number of fused-ring (bicyclic) bond motifs is 1. The number of hydrogen-bond acceptors (Lipinski definition) is 2. The molecule has 0 radical (unpaired) electrons. The number of halogens is 2. The molecule has 1 fully saturated rings. The first-order chi connectivity index (χ1) is 14.0. The van der Waals surface area contributed by atoms with E-state index in [0.29, 0.717) is 16.9 Å². The van der Waals surface area contributed by atoms with Gasteiger partial charge in [-0.25, -0.2) is 4.39 Å². The summed E-state index contributed by atoms with van der Waals surface area (Å²) in [7, 11) is 0. The van der Waals surface area contributed by atoms with Gasteiger partial charge in [0.1, 0.15) is 5.82 Å². The molecular formula is C24H24ClFN2O. The molecule has 1 heterocycles. The van der Waals surface area contributed by atoms with E-state index in [2.05, 4.69) is 10.3 Å². The van der Waals surface area contributed by atoms with Gasteiger partial charge < -0.3 is 5.32 Å². The van der Waals surface area contributed by atoms with Gasteiger partial charge in [0.25, 0.3) is 0 Å². The number of carbonyl (C=O) groups excluding carboxylic acids is 1. The van der Waals surface area contributed by atoms with E-state index in [1.54, 1.807) is 24.3 Å². The molecule has 150 valence electrons. The predicted molar refractivity (Wildman–Crippen MR) is 116 cm³/mol. The Morgan fingerprint density at radius 2 is 1.93 bits per heavy atom. The third kappa shape index (κ3) is 4.43. The zero-order valence-electron chi connectivity index (χ0n) is 16.4. The first kappa shape index (κ1) is 19.8. The largest absolute Gasteiger partial charge is 0.326 e. The van der Waals surface area contributed by atoms with Crippen molar-refractivity contribution < 1.29 is 9.18 Å². The molecule has 5 heteroatoms. The van der Waals surface area contributed by atoms with Crippen LogP contribution in [0.15, 0.2) is 54.7 Å². The Morgan fingerprint density at radius 1 is 1.14 bits per heavy atom. The van der Waals surface area contributed by atoms with Crippen LogP contribution >= 0.6 is 11.6 Å². The summed E-state index contributed by atoms with van der Waals surface area (Å²) in [6, 6.07) is 14.0. The van der Waals surface area contributed by atoms with Gasteiger partial charge in [-0.2, -0.15) is 0 Å². The molecule has 3 aromatic rings. The van der Waals surface area contributed by atoms with E-state index < -0.39 is 0 Å². The minimum atomic E-state index is -0.230. The van der Waals surface area contributed by atoms with Crippen LogP contribution in [0.5, 0.6) is 0 Å². The number of benzene rings is 2. The lowest BCUT2D eigenvalue weighted by atomic mass is 9.73. The van der Waals surface area contributed by atoms with Crippen LogP contribution in [0.25, 0.3) is 10.9 Å². The van der Waals surface area contributed by atoms with Gasteiger partial charge in [0.2, 0.25) is 5.91 Å². The smallest absolute Gasteiger partial charge is 0.227 e. The van der Waals surface area contributed by atoms with Crippen LogP contribution in [0.4, 0.5) is 10.1 Å². The Hall–Kier alpha value is -2.46. The normalized spacial score (nSPS) is 20.4. The molecule has 1 atom stereocenters. The van der Waals surface area contributed by atoms with Gasteiger partial charge >= 0.3 is 0 Å². The fraction of sp³-hybridized carbons (Fsp3) is 0.333. The number of aromatic nitrogens is 1. The zero-order chi connectivity index (χ0) is 20.4. The number of carbonyl (C=O) groups is 1. The molecule has 3 nitrogen and oxygen atoms in total. The van der Waals surface area contributed by atoms with Gasteiger partial charge in [-0.15, -0.1) is 0 Å². The van der Waals surface area contributed by atoms with E-state index in [-0.39, 0.29) is 17.6 Å². The monoisotopic (exact) mass is 410 g/mol. The van der Waals surface area contributed by atoms with Crippen molar-refractivity contribution in [2.45, 2.75) is 38.5 Å². The molecule has 0 spiro atoms. The zero-order valence-corrected chi connectivity index (χ0v) is 17.1. The lowest BCUT2D eigenvalue weighted by Gasteiger charge is -2.32. The molecule has 0 aliphatic heterocycles. The Morgan fingerprint density at radius 3 is 2.69 bits per heavy atom. The standard InChI is InChI=1S/C24H24ClFN2O/c1-15(24(29)28-20-4-2-3-18(25)13-20)16-5-7-17(8-6-16)21-11-12-27-23-10-9-19(26)14-22(21)23/h2-4,9-17H,5-8H2,1H3,(H,28,29)/t15-,16-,17+/m1/s1. The van der Waals surface area contributed by atoms with Gasteiger partial charge in [0, 0.05) is 28.2 Å². The molecule has 29 heavy (non-hydrogen) atoms. The number of anilines is 1. The number of rotatable bonds is 4. The lowest BCUT2D eigenvalue weighted by molar-refractivity contribution is -0.121. The van der Waals surface area contributed by atoms with Crippen LogP contribution in [0, 0.1) is 17.7 Å². The summed E-state index contributed by atoms with van der Waals surface area (Å²) in [6.07, 6.45) is 5.76. The molecule has 1 aliphatic rings. The highest BCUT2D eigenvalue weighted by Crippen LogP contribution is 2.41. The Balaban J connectivity index is 1.41. The molecule has 4 rings (SSSR count). The highest BCUT2D eigenvalue weighted by molar-refractivity contribution is 6.30. The van der Waals surface area contributed by atoms with Crippen molar-refractivity contribution in [2.24, 2.45) is 11.8 Å². The van der Waals surface area contributed by atoms with Crippen LogP contribution in [0.3, 0.4) is 0 Å². The van der Waals surface area contributed by atoms with Crippen molar-refractivity contribution in [1.29, 1.82) is 0 Å². The summed E-state index contributed by atoms with van der Waals surface area (Å²) in [5.41, 5.74) is 2.73. The molecular weight excluding hydrogens is 387 g/mol. The van der Waals surface area contributed by atoms with Crippen molar-refractivity contribution >= 4 is 34.1 Å². The van der Waals surface area contributed by atoms with E-state index >= 15 is 0 Å². The average molecular weight is 411 g/mol. The minimum Gasteiger partial charge on any atom is -0.326 e. The second kappa shape index (κ2) is 8.50. The lowest BCUT2D eigenvalue weighted by Crippen LogP contribution is -2.29. The predicted octanol–water partition coefficient (Wildman–Crippen LogP) is 6.58. The van der Waals surface area contributed by atoms with E-state index in [0.717, 1.165) is 42.3 Å². The van der Waals surface area contributed by atoms with E-state index in [9.17, 15) is 9.18 Å². The van der Waals surface area contributed by atoms with Crippen molar-refractivity contribution in [3.05, 3.63) is 71.1 Å². The molecule has 0 unspecified atom stereocenters. The van der Waals surface area contributed by atoms with E-state index in [1.165, 1.54) is 11.6 Å². The second-order valence-corrected chi connectivity index (χ2v) is 8.40. The first-order valence-electron chi connectivity index (χ1n) is 10.1. The number of nitrogens with zero attached hydrogens (tertiary/aromatic N) is 1. The minimum absolute atomic E-state index is 0.0344. The number of nitrogens with one attached hydrogen (secondary N) is 1. The van der Waals surface area contributed by atoms with Crippen molar-refractivity contribution in [3.63, 3.8) is 0 Å². The summed E-state index contributed by atoms with van der Waals surface area (Å²) < 4.78 is 13.8. The molecule has 1 saturated carbocycles. The molecule has 1 aromatic heterocycles. The summed E-state index contributed by atoms with van der Waals surface area (Å²) in [6.45, 7) is 2.00. The molecule has 1 amide bonds. The topological polar surface area (TPSA) is 42.0 Å². The van der Waals surface area contributed by atoms with Crippen LogP contribution in [0.2, 0.25) is 5.02 Å². The SMILES string of the molecule is C[C@@H](C(=O)Nc1cccc(Cl)c1)[C@H]1CC[C@@H](c2ccnc3ccc(F)cc32)CC1. The van der Waals surface area contributed by atoms with Gasteiger partial charge in [-0.1, -0.05) is 24.6 Å². The Bertz CT molecular complexity index is 1030. The van der Waals surface area contributed by atoms with Crippen molar-refractivity contribution in [3.8, 4) is 0 Å². The molecule has 0 bridgehead atoms. The van der Waals surface area contributed by atoms with Gasteiger partial charge in [0.05, 0.1) is 5.52 Å². The Kier molecular flexibility index (Phi) is 5.81. The number of pyridine rings is 1. The van der Waals surface area contributed by atoms with E-state index in [4.69, 9.17) is 11.6 Å². The fourth-order valence-corrected chi connectivity index (χ4v) is 4.65. The highest BCUT2D eigenvalue weighted by atomic mass is 35.5. The fourth-order valence-electron chi connectivity index (χ4n) is 4.46. The molecule has 0 saturated heterocycles. The average Bonchev–Trinajstić information content (AvgIpc) is 2.73. The summed E-state index contributed by atoms with van der Waals surface area (Å²) >= 11 is 6.00. The molecule has 1 aliphatic carbocycles. The maximum Gasteiger partial charge on any atom is 0.227 e. The van der Waals surface area contributed by atoms with Crippen LogP contribution in [-0.2, 0) is 4.79 Å². The van der Waals surface area contributed by atoms with Gasteiger partial charge in [-0.3, -0.25) is 9.78 Å². The Labute approximate surface area is 175 Å². The van der Waals surface area contributed by atoms with Crippen LogP contribution in [0.1, 0.15) is 44.1 Å². The second-order valence-electron chi connectivity index (χ2n) is 7.96. The van der Waals surface area contributed by atoms with Crippen molar-refractivity contribution in [2.75, 3.05) is 5.32 Å². The quantitative estimate of drug-likeness (QED) is 0.528. The number of amides is 1. The first-order valence-corrected chi connectivity index (χ1v) is 10.5. The molecule has 1 N–H and O–H groups in total.